The third kappa shape index (κ3) is 10.5. The molecule has 0 N–H and O–H groups in total. The summed E-state index contributed by atoms with van der Waals surface area (Å²) in [7, 11) is 1.51. The highest BCUT2D eigenvalue weighted by molar-refractivity contribution is 5.87. The Bertz CT molecular complexity index is 376. The van der Waals surface area contributed by atoms with Gasteiger partial charge in [0.1, 0.15) is 19.3 Å². The van der Waals surface area contributed by atoms with E-state index < -0.39 is 17.9 Å². The highest BCUT2D eigenvalue weighted by atomic mass is 16.6. The van der Waals surface area contributed by atoms with Gasteiger partial charge in [-0.2, -0.15) is 0 Å². The van der Waals surface area contributed by atoms with Gasteiger partial charge in [-0.25, -0.2) is 4.79 Å². The van der Waals surface area contributed by atoms with Crippen molar-refractivity contribution in [3.63, 3.8) is 0 Å². The highest BCUT2D eigenvalue weighted by Crippen LogP contribution is 1.98. The SMILES string of the molecule is C=C(C)C(=O)OCCC(=O)OCCC(=O)OC(C)COC. The van der Waals surface area contributed by atoms with Gasteiger partial charge in [0.2, 0.25) is 0 Å². The number of carbonyl (C=O) groups is 3. The van der Waals surface area contributed by atoms with Crippen LogP contribution in [0.4, 0.5) is 0 Å². The van der Waals surface area contributed by atoms with Crippen LogP contribution in [0.1, 0.15) is 26.7 Å². The van der Waals surface area contributed by atoms with Gasteiger partial charge in [0.05, 0.1) is 19.4 Å². The minimum atomic E-state index is -0.557. The van der Waals surface area contributed by atoms with E-state index in [-0.39, 0.29) is 37.7 Å². The molecule has 0 aromatic carbocycles. The Labute approximate surface area is 124 Å². The van der Waals surface area contributed by atoms with Crippen LogP contribution in [0.2, 0.25) is 0 Å². The van der Waals surface area contributed by atoms with Crippen LogP contribution in [-0.4, -0.2) is 50.9 Å². The second-order valence-corrected chi connectivity index (χ2v) is 4.39. The average molecular weight is 302 g/mol. The van der Waals surface area contributed by atoms with Crippen LogP contribution in [-0.2, 0) is 33.3 Å². The number of carbonyl (C=O) groups excluding carboxylic acids is 3. The predicted molar refractivity (Wildman–Crippen MR) is 73.4 cm³/mol. The first kappa shape index (κ1) is 19.1. The summed E-state index contributed by atoms with van der Waals surface area (Å²) in [6.07, 6.45) is -0.459. The molecule has 120 valence electrons. The molecule has 0 radical (unpaired) electrons. The van der Waals surface area contributed by atoms with Crippen molar-refractivity contribution in [3.8, 4) is 0 Å². The summed E-state index contributed by atoms with van der Waals surface area (Å²) in [5.74, 6) is -1.58. The average Bonchev–Trinajstić information content (AvgIpc) is 2.38. The van der Waals surface area contributed by atoms with Gasteiger partial charge in [-0.3, -0.25) is 9.59 Å². The highest BCUT2D eigenvalue weighted by Gasteiger charge is 2.11. The molecule has 0 aliphatic rings. The number of rotatable bonds is 10. The number of hydrogen-bond donors (Lipinski definition) is 0. The molecule has 21 heavy (non-hydrogen) atoms. The summed E-state index contributed by atoms with van der Waals surface area (Å²) in [6, 6.07) is 0. The molecule has 1 unspecified atom stereocenters. The molecule has 0 spiro atoms. The summed E-state index contributed by atoms with van der Waals surface area (Å²) >= 11 is 0. The Balaban J connectivity index is 3.68. The lowest BCUT2D eigenvalue weighted by atomic mass is 10.3. The molecule has 7 heteroatoms. The second kappa shape index (κ2) is 10.8. The molecule has 0 aromatic heterocycles. The van der Waals surface area contributed by atoms with Crippen molar-refractivity contribution in [2.24, 2.45) is 0 Å². The summed E-state index contributed by atoms with van der Waals surface area (Å²) in [4.78, 5) is 33.7. The van der Waals surface area contributed by atoms with Gasteiger partial charge in [-0.05, 0) is 13.8 Å². The van der Waals surface area contributed by atoms with Crippen LogP contribution in [0, 0.1) is 0 Å². The Hall–Kier alpha value is -1.89. The summed E-state index contributed by atoms with van der Waals surface area (Å²) < 4.78 is 19.3. The van der Waals surface area contributed by atoms with Crippen LogP contribution in [0.25, 0.3) is 0 Å². The van der Waals surface area contributed by atoms with Crippen molar-refractivity contribution >= 4 is 17.9 Å². The van der Waals surface area contributed by atoms with Gasteiger partial charge in [-0.15, -0.1) is 0 Å². The molecule has 1 atom stereocenters. The molecular weight excluding hydrogens is 280 g/mol. The summed E-state index contributed by atoms with van der Waals surface area (Å²) in [5.41, 5.74) is 0.260. The van der Waals surface area contributed by atoms with Crippen molar-refractivity contribution in [1.82, 2.24) is 0 Å². The molecule has 0 saturated heterocycles. The second-order valence-electron chi connectivity index (χ2n) is 4.39. The van der Waals surface area contributed by atoms with Gasteiger partial charge in [0.25, 0.3) is 0 Å². The quantitative estimate of drug-likeness (QED) is 0.338. The van der Waals surface area contributed by atoms with E-state index in [0.29, 0.717) is 6.61 Å². The van der Waals surface area contributed by atoms with Crippen molar-refractivity contribution < 1.29 is 33.3 Å². The van der Waals surface area contributed by atoms with Crippen molar-refractivity contribution in [3.05, 3.63) is 12.2 Å². The van der Waals surface area contributed by atoms with E-state index in [2.05, 4.69) is 6.58 Å². The molecule has 0 aromatic rings. The first-order chi connectivity index (χ1) is 9.86. The van der Waals surface area contributed by atoms with Crippen LogP contribution in [0.3, 0.4) is 0 Å². The van der Waals surface area contributed by atoms with E-state index in [9.17, 15) is 14.4 Å². The minimum absolute atomic E-state index is 0.0364. The zero-order valence-electron chi connectivity index (χ0n) is 12.7. The van der Waals surface area contributed by atoms with Crippen LogP contribution >= 0.6 is 0 Å². The van der Waals surface area contributed by atoms with Crippen molar-refractivity contribution in [2.75, 3.05) is 26.9 Å². The monoisotopic (exact) mass is 302 g/mol. The fourth-order valence-corrected chi connectivity index (χ4v) is 1.22. The molecule has 0 amide bonds. The van der Waals surface area contributed by atoms with E-state index in [1.807, 2.05) is 0 Å². The zero-order valence-corrected chi connectivity index (χ0v) is 12.7. The maximum absolute atomic E-state index is 11.3. The summed E-state index contributed by atoms with van der Waals surface area (Å²) in [5, 5.41) is 0. The van der Waals surface area contributed by atoms with Crippen molar-refractivity contribution in [2.45, 2.75) is 32.8 Å². The van der Waals surface area contributed by atoms with Gasteiger partial charge in [0.15, 0.2) is 0 Å². The molecule has 7 nitrogen and oxygen atoms in total. The molecule has 0 heterocycles. The lowest BCUT2D eigenvalue weighted by Gasteiger charge is -2.12. The maximum atomic E-state index is 11.3. The van der Waals surface area contributed by atoms with Gasteiger partial charge in [-0.1, -0.05) is 6.58 Å². The smallest absolute Gasteiger partial charge is 0.333 e. The van der Waals surface area contributed by atoms with Crippen molar-refractivity contribution in [1.29, 1.82) is 0 Å². The number of ether oxygens (including phenoxy) is 4. The van der Waals surface area contributed by atoms with E-state index in [4.69, 9.17) is 18.9 Å². The first-order valence-electron chi connectivity index (χ1n) is 6.53. The summed E-state index contributed by atoms with van der Waals surface area (Å²) in [6.45, 7) is 6.76. The standard InChI is InChI=1S/C14H22O7/c1-10(2)14(17)20-8-5-12(15)19-7-6-13(16)21-11(3)9-18-4/h11H,1,5-9H2,2-4H3. The Morgan fingerprint density at radius 1 is 1.05 bits per heavy atom. The minimum Gasteiger partial charge on any atom is -0.465 e. The maximum Gasteiger partial charge on any atom is 0.333 e. The number of esters is 3. The zero-order chi connectivity index (χ0) is 16.3. The lowest BCUT2D eigenvalue weighted by molar-refractivity contribution is -0.154. The van der Waals surface area contributed by atoms with Gasteiger partial charge < -0.3 is 18.9 Å². The largest absolute Gasteiger partial charge is 0.465 e. The van der Waals surface area contributed by atoms with E-state index in [0.717, 1.165) is 0 Å². The number of methoxy groups -OCH3 is 1. The fourth-order valence-electron chi connectivity index (χ4n) is 1.22. The van der Waals surface area contributed by atoms with E-state index >= 15 is 0 Å². The molecule has 0 saturated carbocycles. The fraction of sp³-hybridized carbons (Fsp3) is 0.643. The lowest BCUT2D eigenvalue weighted by Crippen LogP contribution is -2.21. The van der Waals surface area contributed by atoms with Crippen LogP contribution < -0.4 is 0 Å². The Kier molecular flexibility index (Phi) is 9.87. The Morgan fingerprint density at radius 2 is 1.62 bits per heavy atom. The molecule has 0 aliphatic carbocycles. The van der Waals surface area contributed by atoms with Crippen LogP contribution in [0.5, 0.6) is 0 Å². The van der Waals surface area contributed by atoms with E-state index in [1.54, 1.807) is 6.92 Å². The Morgan fingerprint density at radius 3 is 2.19 bits per heavy atom. The third-order valence-electron chi connectivity index (χ3n) is 2.19. The van der Waals surface area contributed by atoms with E-state index in [1.165, 1.54) is 14.0 Å². The molecule has 0 rings (SSSR count). The molecule has 0 bridgehead atoms. The van der Waals surface area contributed by atoms with Crippen LogP contribution in [0.15, 0.2) is 12.2 Å². The predicted octanol–water partition coefficient (Wildman–Crippen LogP) is 1.01. The normalized spacial score (nSPS) is 11.4. The third-order valence-corrected chi connectivity index (χ3v) is 2.19. The first-order valence-corrected chi connectivity index (χ1v) is 6.53. The molecular formula is C14H22O7. The molecule has 0 fully saturated rings. The van der Waals surface area contributed by atoms with Gasteiger partial charge >= 0.3 is 17.9 Å². The van der Waals surface area contributed by atoms with Gasteiger partial charge in [0, 0.05) is 12.7 Å². The topological polar surface area (TPSA) is 88.1 Å². The molecule has 0 aliphatic heterocycles. The number of hydrogen-bond acceptors (Lipinski definition) is 7.